The van der Waals surface area contributed by atoms with E-state index in [4.69, 9.17) is 9.84 Å². The van der Waals surface area contributed by atoms with Crippen LogP contribution in [0.2, 0.25) is 0 Å². The number of hydrogen-bond acceptors (Lipinski definition) is 3. The molecule has 4 nitrogen and oxygen atoms in total. The zero-order valence-corrected chi connectivity index (χ0v) is 9.00. The van der Waals surface area contributed by atoms with Crippen LogP contribution in [0.1, 0.15) is 40.0 Å². The predicted molar refractivity (Wildman–Crippen MR) is 51.9 cm³/mol. The van der Waals surface area contributed by atoms with Gasteiger partial charge in [-0.05, 0) is 33.6 Å². The molecule has 0 radical (unpaired) electrons. The molecular weight excluding hydrogens is 184 g/mol. The van der Waals surface area contributed by atoms with Gasteiger partial charge in [0.25, 0.3) is 0 Å². The fourth-order valence-electron chi connectivity index (χ4n) is 1.11. The van der Waals surface area contributed by atoms with E-state index in [0.29, 0.717) is 19.4 Å². The molecule has 0 atom stereocenters. The van der Waals surface area contributed by atoms with Crippen molar-refractivity contribution in [1.82, 2.24) is 0 Å². The Balaban J connectivity index is 3.93. The lowest BCUT2D eigenvalue weighted by Crippen LogP contribution is -2.26. The van der Waals surface area contributed by atoms with Gasteiger partial charge in [-0.3, -0.25) is 9.59 Å². The monoisotopic (exact) mass is 202 g/mol. The lowest BCUT2D eigenvalue weighted by atomic mass is 9.87. The summed E-state index contributed by atoms with van der Waals surface area (Å²) in [6, 6.07) is 0. The summed E-state index contributed by atoms with van der Waals surface area (Å²) in [6.07, 6.45) is 1.14. The van der Waals surface area contributed by atoms with Crippen LogP contribution < -0.4 is 0 Å². The van der Waals surface area contributed by atoms with Crippen LogP contribution in [0, 0.1) is 5.41 Å². The van der Waals surface area contributed by atoms with Crippen molar-refractivity contribution in [1.29, 1.82) is 0 Å². The van der Waals surface area contributed by atoms with Crippen molar-refractivity contribution in [3.8, 4) is 0 Å². The highest BCUT2D eigenvalue weighted by atomic mass is 16.5. The highest BCUT2D eigenvalue weighted by molar-refractivity contribution is 5.76. The number of hydrogen-bond donors (Lipinski definition) is 1. The molecule has 0 saturated carbocycles. The van der Waals surface area contributed by atoms with Crippen LogP contribution in [0.15, 0.2) is 0 Å². The van der Waals surface area contributed by atoms with Crippen LogP contribution in [0.4, 0.5) is 0 Å². The molecule has 0 unspecified atom stereocenters. The summed E-state index contributed by atoms with van der Waals surface area (Å²) in [6.45, 7) is 5.66. The van der Waals surface area contributed by atoms with Crippen LogP contribution in [0.25, 0.3) is 0 Å². The Morgan fingerprint density at radius 2 is 1.93 bits per heavy atom. The molecule has 0 aromatic heterocycles. The molecule has 14 heavy (non-hydrogen) atoms. The third-order valence-corrected chi connectivity index (χ3v) is 2.02. The molecular formula is C10H18O4. The van der Waals surface area contributed by atoms with Gasteiger partial charge in [-0.15, -0.1) is 0 Å². The Bertz CT molecular complexity index is 208. The van der Waals surface area contributed by atoms with E-state index in [1.165, 1.54) is 0 Å². The summed E-state index contributed by atoms with van der Waals surface area (Å²) in [5.74, 6) is -1.09. The number of ether oxygens (including phenoxy) is 1. The fraction of sp³-hybridized carbons (Fsp3) is 0.800. The van der Waals surface area contributed by atoms with Gasteiger partial charge in [-0.2, -0.15) is 0 Å². The van der Waals surface area contributed by atoms with Crippen molar-refractivity contribution in [3.05, 3.63) is 0 Å². The molecule has 0 saturated heterocycles. The summed E-state index contributed by atoms with van der Waals surface area (Å²) in [5, 5.41) is 8.44. The fourth-order valence-corrected chi connectivity index (χ4v) is 1.11. The zero-order valence-electron chi connectivity index (χ0n) is 9.00. The minimum Gasteiger partial charge on any atom is -0.481 e. The Kier molecular flexibility index (Phi) is 5.20. The van der Waals surface area contributed by atoms with E-state index >= 15 is 0 Å². The average molecular weight is 202 g/mol. The van der Waals surface area contributed by atoms with Crippen molar-refractivity contribution in [2.24, 2.45) is 5.41 Å². The van der Waals surface area contributed by atoms with Crippen molar-refractivity contribution < 1.29 is 19.4 Å². The summed E-state index contributed by atoms with van der Waals surface area (Å²) < 4.78 is 4.88. The molecule has 0 rings (SSSR count). The first-order chi connectivity index (χ1) is 6.40. The first-order valence-electron chi connectivity index (χ1n) is 4.79. The third-order valence-electron chi connectivity index (χ3n) is 2.02. The number of carbonyl (C=O) groups excluding carboxylic acids is 1. The minimum absolute atomic E-state index is 0.100. The highest BCUT2D eigenvalue weighted by Gasteiger charge is 2.28. The van der Waals surface area contributed by atoms with Gasteiger partial charge in [0.15, 0.2) is 0 Å². The topological polar surface area (TPSA) is 63.6 Å². The van der Waals surface area contributed by atoms with Gasteiger partial charge in [-0.25, -0.2) is 0 Å². The first-order valence-corrected chi connectivity index (χ1v) is 4.79. The maximum Gasteiger partial charge on any atom is 0.311 e. The molecule has 0 aliphatic carbocycles. The summed E-state index contributed by atoms with van der Waals surface area (Å²) >= 11 is 0. The van der Waals surface area contributed by atoms with Crippen molar-refractivity contribution in [3.63, 3.8) is 0 Å². The van der Waals surface area contributed by atoms with Crippen LogP contribution >= 0.6 is 0 Å². The normalized spacial score (nSPS) is 11.1. The summed E-state index contributed by atoms with van der Waals surface area (Å²) in [5.41, 5.74) is -0.578. The molecule has 0 heterocycles. The lowest BCUT2D eigenvalue weighted by molar-refractivity contribution is -0.154. The van der Waals surface area contributed by atoms with Gasteiger partial charge in [0.05, 0.1) is 12.0 Å². The van der Waals surface area contributed by atoms with Gasteiger partial charge in [0.2, 0.25) is 0 Å². The second kappa shape index (κ2) is 5.62. The average Bonchev–Trinajstić information content (AvgIpc) is 2.03. The molecule has 0 bridgehead atoms. The molecule has 0 aromatic carbocycles. The second-order valence-corrected chi connectivity index (χ2v) is 3.85. The Morgan fingerprint density at radius 1 is 1.36 bits per heavy atom. The smallest absolute Gasteiger partial charge is 0.311 e. The third kappa shape index (κ3) is 4.84. The second-order valence-electron chi connectivity index (χ2n) is 3.85. The number of esters is 1. The Hall–Kier alpha value is -1.06. The van der Waals surface area contributed by atoms with Gasteiger partial charge in [0.1, 0.15) is 0 Å². The van der Waals surface area contributed by atoms with E-state index in [-0.39, 0.29) is 12.4 Å². The maximum atomic E-state index is 11.4. The maximum absolute atomic E-state index is 11.4. The van der Waals surface area contributed by atoms with E-state index < -0.39 is 11.4 Å². The van der Waals surface area contributed by atoms with Gasteiger partial charge >= 0.3 is 11.9 Å². The SMILES string of the molecule is CCOC(=O)C(C)(C)CCCC(=O)O. The predicted octanol–water partition coefficient (Wildman–Crippen LogP) is 1.83. The van der Waals surface area contributed by atoms with Crippen molar-refractivity contribution >= 4 is 11.9 Å². The molecule has 0 aromatic rings. The molecule has 0 aliphatic heterocycles. The minimum atomic E-state index is -0.829. The van der Waals surface area contributed by atoms with Gasteiger partial charge in [-0.1, -0.05) is 0 Å². The quantitative estimate of drug-likeness (QED) is 0.667. The Labute approximate surface area is 84.3 Å². The van der Waals surface area contributed by atoms with Crippen LogP contribution in [-0.4, -0.2) is 23.7 Å². The number of carbonyl (C=O) groups is 2. The number of aliphatic carboxylic acids is 1. The first kappa shape index (κ1) is 12.9. The van der Waals surface area contributed by atoms with Gasteiger partial charge in [0, 0.05) is 6.42 Å². The summed E-state index contributed by atoms with van der Waals surface area (Å²) in [7, 11) is 0. The highest BCUT2D eigenvalue weighted by Crippen LogP contribution is 2.24. The standard InChI is InChI=1S/C10H18O4/c1-4-14-9(13)10(2,3)7-5-6-8(11)12/h4-7H2,1-3H3,(H,11,12). The molecule has 0 aliphatic rings. The summed E-state index contributed by atoms with van der Waals surface area (Å²) in [4.78, 5) is 21.6. The molecule has 0 spiro atoms. The van der Waals surface area contributed by atoms with Crippen LogP contribution in [0.3, 0.4) is 0 Å². The van der Waals surface area contributed by atoms with Crippen molar-refractivity contribution in [2.45, 2.75) is 40.0 Å². The van der Waals surface area contributed by atoms with E-state index in [9.17, 15) is 9.59 Å². The van der Waals surface area contributed by atoms with E-state index in [1.54, 1.807) is 20.8 Å². The van der Waals surface area contributed by atoms with Crippen LogP contribution in [0.5, 0.6) is 0 Å². The van der Waals surface area contributed by atoms with E-state index in [0.717, 1.165) is 0 Å². The molecule has 1 N–H and O–H groups in total. The molecule has 0 amide bonds. The number of rotatable bonds is 6. The molecule has 82 valence electrons. The van der Waals surface area contributed by atoms with Gasteiger partial charge < -0.3 is 9.84 Å². The zero-order chi connectivity index (χ0) is 11.2. The Morgan fingerprint density at radius 3 is 2.36 bits per heavy atom. The number of carboxylic acids is 1. The lowest BCUT2D eigenvalue weighted by Gasteiger charge is -2.21. The van der Waals surface area contributed by atoms with E-state index in [2.05, 4.69) is 0 Å². The van der Waals surface area contributed by atoms with Crippen LogP contribution in [-0.2, 0) is 14.3 Å². The molecule has 0 fully saturated rings. The molecule has 4 heteroatoms. The number of carboxylic acid groups (broad SMARTS) is 1. The van der Waals surface area contributed by atoms with Crippen molar-refractivity contribution in [2.75, 3.05) is 6.61 Å². The van der Waals surface area contributed by atoms with E-state index in [1.807, 2.05) is 0 Å². The largest absolute Gasteiger partial charge is 0.481 e.